The molecule has 1 heterocycles. The molecule has 7 heteroatoms. The molecule has 0 fully saturated rings. The van der Waals surface area contributed by atoms with Crippen molar-refractivity contribution in [1.82, 2.24) is 25.5 Å². The van der Waals surface area contributed by atoms with Crippen molar-refractivity contribution in [3.05, 3.63) is 71.3 Å². The van der Waals surface area contributed by atoms with E-state index < -0.39 is 0 Å². The van der Waals surface area contributed by atoms with Crippen LogP contribution in [0, 0.1) is 12.7 Å². The number of nitrogens with one attached hydrogen (secondary N) is 1. The van der Waals surface area contributed by atoms with Crippen LogP contribution in [0.25, 0.3) is 5.69 Å². The van der Waals surface area contributed by atoms with E-state index in [1.54, 1.807) is 12.1 Å². The summed E-state index contributed by atoms with van der Waals surface area (Å²) in [6.07, 6.45) is 0.281. The van der Waals surface area contributed by atoms with Crippen LogP contribution in [-0.2, 0) is 17.8 Å². The van der Waals surface area contributed by atoms with E-state index in [1.165, 1.54) is 16.8 Å². The second kappa shape index (κ2) is 6.99. The first kappa shape index (κ1) is 15.8. The standard InChI is InChI=1S/C17H16FN5O/c1-12-4-2-5-13(8-12)9-17(24)19-11-16-20-21-22-23(16)15-7-3-6-14(18)10-15/h2-8,10H,9,11H2,1H3,(H,19,24). The number of carbonyl (C=O) groups is 1. The third-order valence-corrected chi connectivity index (χ3v) is 3.48. The molecule has 0 radical (unpaired) electrons. The average Bonchev–Trinajstić information content (AvgIpc) is 3.01. The molecule has 1 aromatic heterocycles. The molecule has 122 valence electrons. The van der Waals surface area contributed by atoms with Crippen molar-refractivity contribution >= 4 is 5.91 Å². The van der Waals surface area contributed by atoms with Gasteiger partial charge in [-0.15, -0.1) is 5.10 Å². The Balaban J connectivity index is 1.65. The van der Waals surface area contributed by atoms with Crippen LogP contribution in [0.3, 0.4) is 0 Å². The molecule has 6 nitrogen and oxygen atoms in total. The van der Waals surface area contributed by atoms with E-state index in [0.29, 0.717) is 11.5 Å². The van der Waals surface area contributed by atoms with Gasteiger partial charge in [0.25, 0.3) is 0 Å². The van der Waals surface area contributed by atoms with E-state index in [0.717, 1.165) is 11.1 Å². The van der Waals surface area contributed by atoms with Crippen LogP contribution in [0.5, 0.6) is 0 Å². The molecule has 0 aliphatic heterocycles. The van der Waals surface area contributed by atoms with Crippen LogP contribution in [-0.4, -0.2) is 26.1 Å². The Labute approximate surface area is 138 Å². The van der Waals surface area contributed by atoms with Gasteiger partial charge in [-0.1, -0.05) is 35.9 Å². The van der Waals surface area contributed by atoms with Gasteiger partial charge < -0.3 is 5.32 Å². The highest BCUT2D eigenvalue weighted by molar-refractivity contribution is 5.78. The quantitative estimate of drug-likeness (QED) is 0.778. The van der Waals surface area contributed by atoms with Crippen LogP contribution in [0.2, 0.25) is 0 Å². The molecule has 3 aromatic rings. The molecule has 0 atom stereocenters. The van der Waals surface area contributed by atoms with Gasteiger partial charge in [-0.2, -0.15) is 4.68 Å². The molecule has 1 N–H and O–H groups in total. The van der Waals surface area contributed by atoms with E-state index in [2.05, 4.69) is 20.8 Å². The Bertz CT molecular complexity index is 861. The Hall–Kier alpha value is -3.09. The summed E-state index contributed by atoms with van der Waals surface area (Å²) in [6.45, 7) is 2.14. The highest BCUT2D eigenvalue weighted by Crippen LogP contribution is 2.10. The molecular weight excluding hydrogens is 309 g/mol. The molecule has 0 unspecified atom stereocenters. The fourth-order valence-corrected chi connectivity index (χ4v) is 2.37. The summed E-state index contributed by atoms with van der Waals surface area (Å²) >= 11 is 0. The SMILES string of the molecule is Cc1cccc(CC(=O)NCc2nnnn2-c2cccc(F)c2)c1. The maximum absolute atomic E-state index is 13.3. The van der Waals surface area contributed by atoms with Crippen molar-refractivity contribution in [3.63, 3.8) is 0 Å². The molecule has 0 saturated heterocycles. The predicted octanol–water partition coefficient (Wildman–Crippen LogP) is 1.97. The maximum atomic E-state index is 13.3. The van der Waals surface area contributed by atoms with Gasteiger partial charge in [0.2, 0.25) is 5.91 Å². The monoisotopic (exact) mass is 325 g/mol. The minimum Gasteiger partial charge on any atom is -0.348 e. The van der Waals surface area contributed by atoms with E-state index >= 15 is 0 Å². The second-order valence-corrected chi connectivity index (χ2v) is 5.43. The molecule has 0 spiro atoms. The molecule has 24 heavy (non-hydrogen) atoms. The summed E-state index contributed by atoms with van der Waals surface area (Å²) in [5, 5.41) is 14.1. The van der Waals surface area contributed by atoms with Crippen molar-refractivity contribution in [1.29, 1.82) is 0 Å². The number of halogens is 1. The maximum Gasteiger partial charge on any atom is 0.224 e. The van der Waals surface area contributed by atoms with E-state index in [-0.39, 0.29) is 24.7 Å². The number of carbonyl (C=O) groups excluding carboxylic acids is 1. The lowest BCUT2D eigenvalue weighted by Gasteiger charge is -2.07. The number of hydrogen-bond donors (Lipinski definition) is 1. The largest absolute Gasteiger partial charge is 0.348 e. The minimum atomic E-state index is -0.377. The summed E-state index contributed by atoms with van der Waals surface area (Å²) in [7, 11) is 0. The third kappa shape index (κ3) is 3.81. The number of amides is 1. The normalized spacial score (nSPS) is 10.6. The van der Waals surface area contributed by atoms with Crippen molar-refractivity contribution < 1.29 is 9.18 Å². The molecule has 3 rings (SSSR count). The van der Waals surface area contributed by atoms with Crippen molar-refractivity contribution in [2.24, 2.45) is 0 Å². The smallest absolute Gasteiger partial charge is 0.224 e. The Morgan fingerprint density at radius 2 is 2.04 bits per heavy atom. The van der Waals surface area contributed by atoms with Crippen molar-refractivity contribution in [3.8, 4) is 5.69 Å². The topological polar surface area (TPSA) is 72.7 Å². The first-order valence-electron chi connectivity index (χ1n) is 7.47. The first-order valence-corrected chi connectivity index (χ1v) is 7.47. The molecule has 1 amide bonds. The fourth-order valence-electron chi connectivity index (χ4n) is 2.37. The summed E-state index contributed by atoms with van der Waals surface area (Å²) in [6, 6.07) is 13.7. The molecule has 0 aliphatic rings. The van der Waals surface area contributed by atoms with Gasteiger partial charge in [-0.3, -0.25) is 4.79 Å². The van der Waals surface area contributed by atoms with Gasteiger partial charge in [-0.25, -0.2) is 4.39 Å². The van der Waals surface area contributed by atoms with Crippen LogP contribution >= 0.6 is 0 Å². The van der Waals surface area contributed by atoms with E-state index in [4.69, 9.17) is 0 Å². The first-order chi connectivity index (χ1) is 11.6. The molecule has 0 bridgehead atoms. The lowest BCUT2D eigenvalue weighted by atomic mass is 10.1. The number of tetrazole rings is 1. The van der Waals surface area contributed by atoms with Gasteiger partial charge in [0.05, 0.1) is 18.7 Å². The van der Waals surface area contributed by atoms with Gasteiger partial charge in [0.1, 0.15) is 5.82 Å². The van der Waals surface area contributed by atoms with Crippen molar-refractivity contribution in [2.45, 2.75) is 19.9 Å². The van der Waals surface area contributed by atoms with Gasteiger partial charge in [0, 0.05) is 0 Å². The van der Waals surface area contributed by atoms with E-state index in [9.17, 15) is 9.18 Å². The number of benzene rings is 2. The van der Waals surface area contributed by atoms with Crippen LogP contribution < -0.4 is 5.32 Å². The van der Waals surface area contributed by atoms with Gasteiger partial charge in [-0.05, 0) is 41.1 Å². The minimum absolute atomic E-state index is 0.130. The number of hydrogen-bond acceptors (Lipinski definition) is 4. The molecular formula is C17H16FN5O. The zero-order valence-corrected chi connectivity index (χ0v) is 13.1. The molecule has 0 aliphatic carbocycles. The number of aryl methyl sites for hydroxylation is 1. The Kier molecular flexibility index (Phi) is 4.60. The average molecular weight is 325 g/mol. The van der Waals surface area contributed by atoms with Crippen LogP contribution in [0.4, 0.5) is 4.39 Å². The van der Waals surface area contributed by atoms with Crippen molar-refractivity contribution in [2.75, 3.05) is 0 Å². The highest BCUT2D eigenvalue weighted by atomic mass is 19.1. The van der Waals surface area contributed by atoms with Crippen LogP contribution in [0.15, 0.2) is 48.5 Å². The lowest BCUT2D eigenvalue weighted by molar-refractivity contribution is -0.120. The fraction of sp³-hybridized carbons (Fsp3) is 0.176. The van der Waals surface area contributed by atoms with E-state index in [1.807, 2.05) is 31.2 Å². The molecule has 0 saturated carbocycles. The summed E-state index contributed by atoms with van der Waals surface area (Å²) < 4.78 is 14.7. The zero-order valence-electron chi connectivity index (χ0n) is 13.1. The Morgan fingerprint density at radius 1 is 1.21 bits per heavy atom. The Morgan fingerprint density at radius 3 is 2.83 bits per heavy atom. The summed E-state index contributed by atoms with van der Waals surface area (Å²) in [5.74, 6) is -0.0787. The number of rotatable bonds is 5. The lowest BCUT2D eigenvalue weighted by Crippen LogP contribution is -2.26. The predicted molar refractivity (Wildman–Crippen MR) is 85.8 cm³/mol. The van der Waals surface area contributed by atoms with Crippen LogP contribution in [0.1, 0.15) is 17.0 Å². The second-order valence-electron chi connectivity index (χ2n) is 5.43. The molecule has 2 aromatic carbocycles. The summed E-state index contributed by atoms with van der Waals surface area (Å²) in [4.78, 5) is 12.1. The third-order valence-electron chi connectivity index (χ3n) is 3.48. The van der Waals surface area contributed by atoms with Gasteiger partial charge >= 0.3 is 0 Å². The number of nitrogens with zero attached hydrogens (tertiary/aromatic N) is 4. The highest BCUT2D eigenvalue weighted by Gasteiger charge is 2.11. The summed E-state index contributed by atoms with van der Waals surface area (Å²) in [5.41, 5.74) is 2.55. The van der Waals surface area contributed by atoms with Gasteiger partial charge in [0.15, 0.2) is 5.82 Å². The zero-order chi connectivity index (χ0) is 16.9. The number of aromatic nitrogens is 4.